The zero-order chi connectivity index (χ0) is 17.4. The molecule has 0 aliphatic carbocycles. The first-order valence-electron chi connectivity index (χ1n) is 7.87. The number of aromatic amines is 1. The highest BCUT2D eigenvalue weighted by atomic mass is 16.4. The van der Waals surface area contributed by atoms with Crippen LogP contribution in [0.25, 0.3) is 11.1 Å². The predicted octanol–water partition coefficient (Wildman–Crippen LogP) is 1.96. The molecule has 0 saturated carbocycles. The van der Waals surface area contributed by atoms with Gasteiger partial charge in [0.25, 0.3) is 5.56 Å². The molecule has 0 amide bonds. The van der Waals surface area contributed by atoms with Gasteiger partial charge in [-0.05, 0) is 31.0 Å². The number of oxazole rings is 1. The fraction of sp³-hybridized carbons (Fsp3) is 0.353. The summed E-state index contributed by atoms with van der Waals surface area (Å²) in [5, 5.41) is 2.70. The first-order chi connectivity index (χ1) is 11.5. The van der Waals surface area contributed by atoms with Gasteiger partial charge in [0.2, 0.25) is 5.78 Å². The second-order valence-electron chi connectivity index (χ2n) is 5.84. The number of H-pyrrole nitrogens is 1. The van der Waals surface area contributed by atoms with Crippen LogP contribution in [0.3, 0.4) is 0 Å². The summed E-state index contributed by atoms with van der Waals surface area (Å²) in [6.45, 7) is 4.34. The molecular weight excluding hydrogens is 310 g/mol. The predicted molar refractivity (Wildman–Crippen MR) is 89.6 cm³/mol. The second kappa shape index (κ2) is 5.99. The maximum atomic E-state index is 12.7. The number of carbonyl (C=O) groups excluding carboxylic acids is 1. The average Bonchev–Trinajstić information content (AvgIpc) is 3.05. The quantitative estimate of drug-likeness (QED) is 0.725. The Hall–Kier alpha value is -2.83. The lowest BCUT2D eigenvalue weighted by Gasteiger charge is -2.07. The van der Waals surface area contributed by atoms with Crippen molar-refractivity contribution in [3.05, 3.63) is 55.9 Å². The number of hydrogen-bond donors (Lipinski definition) is 1. The van der Waals surface area contributed by atoms with E-state index < -0.39 is 5.76 Å². The van der Waals surface area contributed by atoms with Gasteiger partial charge in [-0.15, -0.1) is 0 Å². The number of ketones is 1. The van der Waals surface area contributed by atoms with Crippen molar-refractivity contribution in [1.82, 2.24) is 14.3 Å². The van der Waals surface area contributed by atoms with Gasteiger partial charge < -0.3 is 9.52 Å². The fourth-order valence-corrected chi connectivity index (χ4v) is 2.87. The van der Waals surface area contributed by atoms with Crippen LogP contribution in [0.1, 0.15) is 41.3 Å². The van der Waals surface area contributed by atoms with Gasteiger partial charge in [-0.2, -0.15) is 0 Å². The van der Waals surface area contributed by atoms with Crippen LogP contribution in [0.15, 0.2) is 32.3 Å². The summed E-state index contributed by atoms with van der Waals surface area (Å²) in [4.78, 5) is 36.8. The third kappa shape index (κ3) is 2.42. The van der Waals surface area contributed by atoms with Crippen LogP contribution in [0.5, 0.6) is 0 Å². The highest BCUT2D eigenvalue weighted by Crippen LogP contribution is 2.23. The molecule has 24 heavy (non-hydrogen) atoms. The lowest BCUT2D eigenvalue weighted by atomic mass is 10.00. The zero-order valence-corrected chi connectivity index (χ0v) is 13.9. The number of unbranched alkanes of at least 4 members (excludes halogenated alkanes) is 1. The van der Waals surface area contributed by atoms with Crippen molar-refractivity contribution in [2.24, 2.45) is 7.05 Å². The summed E-state index contributed by atoms with van der Waals surface area (Å²) in [7, 11) is 1.55. The van der Waals surface area contributed by atoms with Gasteiger partial charge in [0, 0.05) is 25.4 Å². The van der Waals surface area contributed by atoms with Gasteiger partial charge in [0.05, 0.1) is 5.52 Å². The zero-order valence-electron chi connectivity index (χ0n) is 13.9. The first kappa shape index (κ1) is 16.0. The molecule has 2 aromatic heterocycles. The first-order valence-corrected chi connectivity index (χ1v) is 7.87. The Morgan fingerprint density at radius 1 is 1.25 bits per heavy atom. The van der Waals surface area contributed by atoms with Gasteiger partial charge in [-0.25, -0.2) is 4.79 Å². The Morgan fingerprint density at radius 3 is 2.62 bits per heavy atom. The Balaban J connectivity index is 2.18. The number of aryl methyl sites for hydroxylation is 3. The minimum absolute atomic E-state index is 0.0749. The Bertz CT molecular complexity index is 1030. The topological polar surface area (TPSA) is 90.0 Å². The minimum Gasteiger partial charge on any atom is -0.408 e. The number of carbonyl (C=O) groups is 1. The number of rotatable bonds is 5. The number of nitrogens with zero attached hydrogens (tertiary/aromatic N) is 2. The molecule has 0 spiro atoms. The second-order valence-corrected chi connectivity index (χ2v) is 5.84. The highest BCUT2D eigenvalue weighted by molar-refractivity contribution is 6.11. The van der Waals surface area contributed by atoms with Gasteiger partial charge in [-0.3, -0.25) is 18.8 Å². The average molecular weight is 329 g/mol. The highest BCUT2D eigenvalue weighted by Gasteiger charge is 2.21. The van der Waals surface area contributed by atoms with Gasteiger partial charge in [0.15, 0.2) is 5.58 Å². The Kier molecular flexibility index (Phi) is 4.01. The van der Waals surface area contributed by atoms with Gasteiger partial charge in [0.1, 0.15) is 5.56 Å². The van der Waals surface area contributed by atoms with E-state index in [4.69, 9.17) is 4.42 Å². The van der Waals surface area contributed by atoms with Gasteiger partial charge in [-0.1, -0.05) is 13.3 Å². The fourth-order valence-electron chi connectivity index (χ4n) is 2.87. The van der Waals surface area contributed by atoms with Crippen LogP contribution in [-0.2, 0) is 13.6 Å². The number of fused-ring (bicyclic) bond motifs is 1. The molecule has 126 valence electrons. The maximum absolute atomic E-state index is 12.7. The molecule has 0 bridgehead atoms. The molecule has 1 N–H and O–H groups in total. The van der Waals surface area contributed by atoms with Crippen molar-refractivity contribution in [1.29, 1.82) is 0 Å². The molecule has 7 nitrogen and oxygen atoms in total. The summed E-state index contributed by atoms with van der Waals surface area (Å²) in [6.07, 6.45) is 3.18. The normalized spacial score (nSPS) is 11.3. The van der Waals surface area contributed by atoms with E-state index in [0.29, 0.717) is 28.8 Å². The molecule has 0 aliphatic rings. The molecule has 0 unspecified atom stereocenters. The molecule has 0 saturated heterocycles. The Morgan fingerprint density at radius 2 is 2.00 bits per heavy atom. The number of aromatic nitrogens is 3. The van der Waals surface area contributed by atoms with Crippen LogP contribution < -0.4 is 11.3 Å². The lowest BCUT2D eigenvalue weighted by molar-refractivity contribution is 0.103. The number of benzene rings is 1. The molecule has 1 aromatic carbocycles. The summed E-state index contributed by atoms with van der Waals surface area (Å²) in [5.41, 5.74) is 1.80. The van der Waals surface area contributed by atoms with Crippen molar-refractivity contribution in [3.8, 4) is 0 Å². The van der Waals surface area contributed by atoms with Crippen LogP contribution in [0.2, 0.25) is 0 Å². The maximum Gasteiger partial charge on any atom is 0.419 e. The van der Waals surface area contributed by atoms with E-state index in [0.717, 1.165) is 12.8 Å². The SMILES string of the molecule is CCCCn1c(=O)oc2ccc(C(=O)c3c[nH]n(C)c3=O)c(C)c21. The van der Waals surface area contributed by atoms with E-state index in [1.807, 2.05) is 6.92 Å². The van der Waals surface area contributed by atoms with Crippen molar-refractivity contribution in [3.63, 3.8) is 0 Å². The molecule has 3 rings (SSSR count). The van der Waals surface area contributed by atoms with Crippen LogP contribution >= 0.6 is 0 Å². The standard InChI is InChI=1S/C17H19N3O4/c1-4-5-8-20-14-10(2)11(6-7-13(14)24-17(20)23)15(21)12-9-18-19(3)16(12)22/h6-7,9,18H,4-5,8H2,1-3H3. The minimum atomic E-state index is -0.427. The van der Waals surface area contributed by atoms with E-state index in [1.165, 1.54) is 10.9 Å². The number of hydrogen-bond acceptors (Lipinski definition) is 4. The molecule has 3 aromatic rings. The van der Waals surface area contributed by atoms with E-state index in [1.54, 1.807) is 30.7 Å². The monoisotopic (exact) mass is 329 g/mol. The van der Waals surface area contributed by atoms with Crippen molar-refractivity contribution >= 4 is 16.9 Å². The van der Waals surface area contributed by atoms with Crippen molar-refractivity contribution < 1.29 is 9.21 Å². The molecule has 7 heteroatoms. The smallest absolute Gasteiger partial charge is 0.408 e. The van der Waals surface area contributed by atoms with E-state index >= 15 is 0 Å². The van der Waals surface area contributed by atoms with E-state index in [9.17, 15) is 14.4 Å². The van der Waals surface area contributed by atoms with Gasteiger partial charge >= 0.3 is 5.76 Å². The van der Waals surface area contributed by atoms with Crippen LogP contribution in [0.4, 0.5) is 0 Å². The number of nitrogens with one attached hydrogen (secondary N) is 1. The van der Waals surface area contributed by atoms with Crippen LogP contribution in [-0.4, -0.2) is 20.1 Å². The summed E-state index contributed by atoms with van der Waals surface area (Å²) in [5.74, 6) is -0.796. The Labute approximate surface area is 137 Å². The lowest BCUT2D eigenvalue weighted by Crippen LogP contribution is -2.20. The van der Waals surface area contributed by atoms with E-state index in [2.05, 4.69) is 5.10 Å². The van der Waals surface area contributed by atoms with E-state index in [-0.39, 0.29) is 16.9 Å². The molecular formula is C17H19N3O4. The molecule has 2 heterocycles. The summed E-state index contributed by atoms with van der Waals surface area (Å²) in [6, 6.07) is 3.20. The molecule has 0 aliphatic heterocycles. The van der Waals surface area contributed by atoms with Crippen molar-refractivity contribution in [2.45, 2.75) is 33.2 Å². The molecule has 0 radical (unpaired) electrons. The van der Waals surface area contributed by atoms with Crippen molar-refractivity contribution in [2.75, 3.05) is 0 Å². The summed E-state index contributed by atoms with van der Waals surface area (Å²) >= 11 is 0. The third-order valence-electron chi connectivity index (χ3n) is 4.24. The summed E-state index contributed by atoms with van der Waals surface area (Å²) < 4.78 is 8.07. The largest absolute Gasteiger partial charge is 0.419 e. The molecule has 0 atom stereocenters. The third-order valence-corrected chi connectivity index (χ3v) is 4.24. The molecule has 0 fully saturated rings. The van der Waals surface area contributed by atoms with Crippen LogP contribution in [0, 0.1) is 6.92 Å².